The first-order valence-electron chi connectivity index (χ1n) is 19.2. The van der Waals surface area contributed by atoms with Crippen molar-refractivity contribution in [2.24, 2.45) is 0 Å². The van der Waals surface area contributed by atoms with E-state index in [0.29, 0.717) is 0 Å². The number of furan rings is 1. The summed E-state index contributed by atoms with van der Waals surface area (Å²) < 4.78 is 6.34. The highest BCUT2D eigenvalue weighted by Gasteiger charge is 2.51. The van der Waals surface area contributed by atoms with E-state index in [0.717, 1.165) is 39.0 Å². The zero-order valence-electron chi connectivity index (χ0n) is 30.3. The highest BCUT2D eigenvalue weighted by atomic mass is 32.2. The van der Waals surface area contributed by atoms with Crippen LogP contribution in [0.1, 0.15) is 22.3 Å². The first-order chi connectivity index (χ1) is 27.8. The average molecular weight is 732 g/mol. The second kappa shape index (κ2) is 12.1. The Morgan fingerprint density at radius 3 is 1.89 bits per heavy atom. The van der Waals surface area contributed by atoms with E-state index in [9.17, 15) is 0 Å². The van der Waals surface area contributed by atoms with E-state index in [1.165, 1.54) is 65.1 Å². The molecule has 12 rings (SSSR count). The van der Waals surface area contributed by atoms with Gasteiger partial charge in [-0.15, -0.1) is 0 Å². The van der Waals surface area contributed by atoms with E-state index in [4.69, 9.17) is 4.42 Å². The molecule has 1 aromatic heterocycles. The van der Waals surface area contributed by atoms with Crippen LogP contribution in [0, 0.1) is 0 Å². The second-order valence-corrected chi connectivity index (χ2v) is 15.9. The molecule has 10 aromatic rings. The molecule has 0 fully saturated rings. The van der Waals surface area contributed by atoms with E-state index in [1.54, 1.807) is 0 Å². The van der Waals surface area contributed by atoms with Gasteiger partial charge in [0, 0.05) is 37.5 Å². The average Bonchev–Trinajstić information content (AvgIpc) is 3.78. The summed E-state index contributed by atoms with van der Waals surface area (Å²) in [6.07, 6.45) is 0. The van der Waals surface area contributed by atoms with Crippen LogP contribution in [-0.4, -0.2) is 0 Å². The third-order valence-corrected chi connectivity index (χ3v) is 13.1. The van der Waals surface area contributed by atoms with Crippen LogP contribution >= 0.6 is 11.8 Å². The number of anilines is 3. The van der Waals surface area contributed by atoms with Gasteiger partial charge < -0.3 is 9.32 Å². The summed E-state index contributed by atoms with van der Waals surface area (Å²) in [5.41, 5.74) is 14.8. The molecule has 1 aliphatic carbocycles. The maximum atomic E-state index is 6.34. The molecule has 0 saturated heterocycles. The van der Waals surface area contributed by atoms with Crippen LogP contribution in [0.2, 0.25) is 0 Å². The predicted molar refractivity (Wildman–Crippen MR) is 233 cm³/mol. The standard InChI is InChI=1S/C53H33NOS/c1-2-14-34(15-3-1)38-17-6-10-22-47(38)54(36-28-31-49-42(32-36)40-19-7-11-23-48(40)55-49)37-27-29-41-46(33-37)53(45-30-26-35-16-4-5-18-39(35)52(41)45)43-20-8-12-24-50(43)56-51-25-13-9-21-44(51)53/h1-33H. The quantitative estimate of drug-likeness (QED) is 0.179. The lowest BCUT2D eigenvalue weighted by atomic mass is 9.67. The fourth-order valence-electron chi connectivity index (χ4n) is 9.60. The molecule has 2 heterocycles. The van der Waals surface area contributed by atoms with Crippen LogP contribution in [0.5, 0.6) is 0 Å². The predicted octanol–water partition coefficient (Wildman–Crippen LogP) is 14.7. The van der Waals surface area contributed by atoms with Crippen molar-refractivity contribution in [2.45, 2.75) is 15.2 Å². The number of benzene rings is 9. The lowest BCUT2D eigenvalue weighted by Crippen LogP contribution is -2.32. The zero-order chi connectivity index (χ0) is 36.8. The summed E-state index contributed by atoms with van der Waals surface area (Å²) in [5.74, 6) is 0. The molecular weight excluding hydrogens is 699 g/mol. The molecule has 3 heteroatoms. The highest BCUT2D eigenvalue weighted by molar-refractivity contribution is 7.99. The Labute approximate surface area is 329 Å². The maximum Gasteiger partial charge on any atom is 0.135 e. The Bertz CT molecular complexity index is 3150. The number of hydrogen-bond acceptors (Lipinski definition) is 3. The first kappa shape index (κ1) is 31.5. The third-order valence-electron chi connectivity index (χ3n) is 11.9. The van der Waals surface area contributed by atoms with Gasteiger partial charge in [-0.25, -0.2) is 0 Å². The Balaban J connectivity index is 1.19. The van der Waals surface area contributed by atoms with E-state index in [1.807, 2.05) is 17.8 Å². The Hall–Kier alpha value is -6.81. The minimum atomic E-state index is -0.515. The molecule has 0 atom stereocenters. The van der Waals surface area contributed by atoms with Gasteiger partial charge >= 0.3 is 0 Å². The number of hydrogen-bond donors (Lipinski definition) is 0. The summed E-state index contributed by atoms with van der Waals surface area (Å²) in [4.78, 5) is 5.05. The van der Waals surface area contributed by atoms with E-state index in [-0.39, 0.29) is 0 Å². The number of rotatable bonds is 4. The molecule has 56 heavy (non-hydrogen) atoms. The summed E-state index contributed by atoms with van der Waals surface area (Å²) in [6, 6.07) is 73.4. The van der Waals surface area contributed by atoms with Gasteiger partial charge in [0.2, 0.25) is 0 Å². The molecule has 2 nitrogen and oxygen atoms in total. The lowest BCUT2D eigenvalue weighted by molar-refractivity contribution is 0.669. The number of fused-ring (bicyclic) bond motifs is 14. The van der Waals surface area contributed by atoms with E-state index < -0.39 is 5.41 Å². The highest BCUT2D eigenvalue weighted by Crippen LogP contribution is 2.64. The van der Waals surface area contributed by atoms with Crippen molar-refractivity contribution in [3.63, 3.8) is 0 Å². The summed E-state index contributed by atoms with van der Waals surface area (Å²) in [6.45, 7) is 0. The van der Waals surface area contributed by atoms with Gasteiger partial charge in [0.15, 0.2) is 0 Å². The smallest absolute Gasteiger partial charge is 0.135 e. The molecular formula is C53H33NOS. The molecule has 0 amide bonds. The van der Waals surface area contributed by atoms with Gasteiger partial charge in [-0.3, -0.25) is 0 Å². The van der Waals surface area contributed by atoms with Crippen LogP contribution in [0.25, 0.3) is 55.0 Å². The molecule has 0 unspecified atom stereocenters. The summed E-state index contributed by atoms with van der Waals surface area (Å²) >= 11 is 1.88. The molecule has 2 aliphatic rings. The van der Waals surface area contributed by atoms with Crippen molar-refractivity contribution in [1.29, 1.82) is 0 Å². The minimum absolute atomic E-state index is 0.515. The molecule has 0 bridgehead atoms. The minimum Gasteiger partial charge on any atom is -0.456 e. The SMILES string of the molecule is c1ccc(-c2ccccc2N(c2ccc3c(c2)C2(c4ccccc4Sc4ccccc42)c2ccc4ccccc4c2-3)c2ccc3oc4ccccc4c3c2)cc1. The van der Waals surface area contributed by atoms with Crippen LogP contribution < -0.4 is 4.90 Å². The molecule has 1 aliphatic heterocycles. The van der Waals surface area contributed by atoms with Gasteiger partial charge in [0.05, 0.1) is 11.1 Å². The van der Waals surface area contributed by atoms with Crippen LogP contribution in [0.4, 0.5) is 17.1 Å². The molecule has 0 N–H and O–H groups in total. The van der Waals surface area contributed by atoms with Crippen LogP contribution in [0.3, 0.4) is 0 Å². The lowest BCUT2D eigenvalue weighted by Gasteiger charge is -2.40. The van der Waals surface area contributed by atoms with E-state index >= 15 is 0 Å². The van der Waals surface area contributed by atoms with Gasteiger partial charge in [0.1, 0.15) is 11.2 Å². The Kier molecular flexibility index (Phi) is 6.81. The molecule has 1 spiro atoms. The van der Waals surface area contributed by atoms with Gasteiger partial charge in [0.25, 0.3) is 0 Å². The summed E-state index contributed by atoms with van der Waals surface area (Å²) in [7, 11) is 0. The van der Waals surface area contributed by atoms with Gasteiger partial charge in [-0.1, -0.05) is 157 Å². The van der Waals surface area contributed by atoms with Crippen molar-refractivity contribution in [1.82, 2.24) is 0 Å². The molecule has 0 radical (unpaired) electrons. The fourth-order valence-corrected chi connectivity index (χ4v) is 10.8. The summed E-state index contributed by atoms with van der Waals surface area (Å²) in [5, 5.41) is 4.75. The first-order valence-corrected chi connectivity index (χ1v) is 20.0. The van der Waals surface area contributed by atoms with Gasteiger partial charge in [-0.05, 0) is 104 Å². The molecule has 9 aromatic carbocycles. The number of nitrogens with zero attached hydrogens (tertiary/aromatic N) is 1. The number of para-hydroxylation sites is 2. The Morgan fingerprint density at radius 2 is 1.05 bits per heavy atom. The zero-order valence-corrected chi connectivity index (χ0v) is 31.1. The van der Waals surface area contributed by atoms with Crippen LogP contribution in [-0.2, 0) is 5.41 Å². The third kappa shape index (κ3) is 4.40. The fraction of sp³-hybridized carbons (Fsp3) is 0.0189. The van der Waals surface area contributed by atoms with Crippen molar-refractivity contribution in [3.8, 4) is 22.3 Å². The topological polar surface area (TPSA) is 16.4 Å². The largest absolute Gasteiger partial charge is 0.456 e. The monoisotopic (exact) mass is 731 g/mol. The Morgan fingerprint density at radius 1 is 0.411 bits per heavy atom. The van der Waals surface area contributed by atoms with E-state index in [2.05, 4.69) is 199 Å². The molecule has 0 saturated carbocycles. The van der Waals surface area contributed by atoms with Crippen molar-refractivity contribution < 1.29 is 4.42 Å². The van der Waals surface area contributed by atoms with Crippen molar-refractivity contribution in [3.05, 3.63) is 222 Å². The van der Waals surface area contributed by atoms with Crippen LogP contribution in [0.15, 0.2) is 214 Å². The van der Waals surface area contributed by atoms with Crippen molar-refractivity contribution >= 4 is 61.5 Å². The molecule has 262 valence electrons. The van der Waals surface area contributed by atoms with Crippen molar-refractivity contribution in [2.75, 3.05) is 4.90 Å². The maximum absolute atomic E-state index is 6.34. The van der Waals surface area contributed by atoms with Gasteiger partial charge in [-0.2, -0.15) is 0 Å². The normalized spacial score (nSPS) is 13.4. The second-order valence-electron chi connectivity index (χ2n) is 14.8.